The highest BCUT2D eigenvalue weighted by Gasteiger charge is 2.24. The summed E-state index contributed by atoms with van der Waals surface area (Å²) in [4.78, 5) is 10.7. The van der Waals surface area contributed by atoms with E-state index in [2.05, 4.69) is 4.72 Å². The Labute approximate surface area is 127 Å². The van der Waals surface area contributed by atoms with Crippen molar-refractivity contribution < 1.29 is 28.5 Å². The van der Waals surface area contributed by atoms with Crippen molar-refractivity contribution in [2.24, 2.45) is 0 Å². The maximum atomic E-state index is 12.2. The summed E-state index contributed by atoms with van der Waals surface area (Å²) in [6.45, 7) is 1.41. The number of carboxylic acid groups (broad SMARTS) is 1. The molecule has 0 spiro atoms. The zero-order valence-electron chi connectivity index (χ0n) is 11.5. The Morgan fingerprint density at radius 1 is 1.43 bits per heavy atom. The number of rotatable bonds is 7. The van der Waals surface area contributed by atoms with Crippen LogP contribution in [0.5, 0.6) is 5.75 Å². The summed E-state index contributed by atoms with van der Waals surface area (Å²) >= 11 is 1.31. The largest absolute Gasteiger partial charge is 0.507 e. The zero-order valence-corrected chi connectivity index (χ0v) is 13.1. The van der Waals surface area contributed by atoms with Gasteiger partial charge in [-0.2, -0.15) is 11.8 Å². The lowest BCUT2D eigenvalue weighted by Gasteiger charge is -2.21. The van der Waals surface area contributed by atoms with Crippen LogP contribution in [0.3, 0.4) is 0 Å². The first kappa shape index (κ1) is 17.8. The molecule has 4 N–H and O–H groups in total. The third-order valence-electron chi connectivity index (χ3n) is 2.89. The second-order valence-electron chi connectivity index (χ2n) is 4.35. The molecule has 9 heteroatoms. The number of sulfonamides is 1. The Morgan fingerprint density at radius 2 is 2.05 bits per heavy atom. The van der Waals surface area contributed by atoms with Gasteiger partial charge >= 0.3 is 5.97 Å². The maximum absolute atomic E-state index is 12.2. The van der Waals surface area contributed by atoms with Crippen molar-refractivity contribution in [2.75, 3.05) is 12.9 Å². The molecule has 2 atom stereocenters. The lowest BCUT2D eigenvalue weighted by molar-refractivity contribution is 0.0693. The van der Waals surface area contributed by atoms with Crippen LogP contribution in [-0.2, 0) is 10.0 Å². The van der Waals surface area contributed by atoms with Crippen LogP contribution in [0.1, 0.15) is 17.3 Å². The van der Waals surface area contributed by atoms with Gasteiger partial charge in [-0.3, -0.25) is 0 Å². The van der Waals surface area contributed by atoms with Gasteiger partial charge in [-0.05, 0) is 31.4 Å². The fourth-order valence-electron chi connectivity index (χ4n) is 1.68. The lowest BCUT2D eigenvalue weighted by Crippen LogP contribution is -2.41. The molecule has 0 saturated heterocycles. The highest BCUT2D eigenvalue weighted by molar-refractivity contribution is 7.99. The summed E-state index contributed by atoms with van der Waals surface area (Å²) in [7, 11) is -3.95. The number of aromatic hydroxyl groups is 1. The van der Waals surface area contributed by atoms with Crippen molar-refractivity contribution in [1.82, 2.24) is 4.72 Å². The molecule has 0 aliphatic heterocycles. The van der Waals surface area contributed by atoms with Crippen molar-refractivity contribution in [3.8, 4) is 5.75 Å². The van der Waals surface area contributed by atoms with Gasteiger partial charge in [-0.15, -0.1) is 0 Å². The molecule has 0 fully saturated rings. The number of aromatic carboxylic acids is 1. The van der Waals surface area contributed by atoms with Gasteiger partial charge in [0.05, 0.1) is 11.5 Å². The van der Waals surface area contributed by atoms with Gasteiger partial charge < -0.3 is 15.3 Å². The van der Waals surface area contributed by atoms with E-state index in [1.54, 1.807) is 13.2 Å². The molecule has 7 nitrogen and oxygen atoms in total. The van der Waals surface area contributed by atoms with E-state index in [9.17, 15) is 18.3 Å². The molecule has 21 heavy (non-hydrogen) atoms. The Balaban J connectivity index is 3.09. The van der Waals surface area contributed by atoms with Crippen LogP contribution in [0.2, 0.25) is 0 Å². The summed E-state index contributed by atoms with van der Waals surface area (Å²) in [6.07, 6.45) is 1.74. The number of carboxylic acids is 1. The first-order valence-corrected chi connectivity index (χ1v) is 8.72. The smallest absolute Gasteiger partial charge is 0.339 e. The van der Waals surface area contributed by atoms with Gasteiger partial charge in [0.2, 0.25) is 10.0 Å². The second kappa shape index (κ2) is 7.12. The van der Waals surface area contributed by atoms with Crippen LogP contribution >= 0.6 is 11.8 Å². The number of benzene rings is 1. The monoisotopic (exact) mass is 335 g/mol. The van der Waals surface area contributed by atoms with E-state index in [1.807, 2.05) is 0 Å². The number of aliphatic hydroxyl groups is 1. The van der Waals surface area contributed by atoms with Crippen molar-refractivity contribution in [3.63, 3.8) is 0 Å². The van der Waals surface area contributed by atoms with Crippen LogP contribution in [0, 0.1) is 0 Å². The predicted octanol–water partition coefficient (Wildman–Crippen LogP) is 0.481. The molecular weight excluding hydrogens is 318 g/mol. The molecule has 1 aromatic carbocycles. The topological polar surface area (TPSA) is 124 Å². The number of aliphatic hydroxyl groups excluding tert-OH is 1. The fourth-order valence-corrected chi connectivity index (χ4v) is 3.70. The molecule has 0 aromatic heterocycles. The molecule has 0 saturated carbocycles. The highest BCUT2D eigenvalue weighted by atomic mass is 32.2. The van der Waals surface area contributed by atoms with Gasteiger partial charge in [-0.25, -0.2) is 17.9 Å². The summed E-state index contributed by atoms with van der Waals surface area (Å²) in [5, 5.41) is 27.1. The number of phenols is 1. The molecule has 0 heterocycles. The van der Waals surface area contributed by atoms with Gasteiger partial charge in [0.1, 0.15) is 11.3 Å². The minimum atomic E-state index is -3.95. The van der Waals surface area contributed by atoms with Crippen LogP contribution in [0.25, 0.3) is 0 Å². The number of thioether (sulfide) groups is 1. The number of carbonyl (C=O) groups is 1. The highest BCUT2D eigenvalue weighted by Crippen LogP contribution is 2.22. The van der Waals surface area contributed by atoms with Gasteiger partial charge in [0.25, 0.3) is 0 Å². The third-order valence-corrected chi connectivity index (χ3v) is 5.61. The summed E-state index contributed by atoms with van der Waals surface area (Å²) in [6, 6.07) is 2.47. The number of hydrogen-bond donors (Lipinski definition) is 4. The molecule has 0 amide bonds. The van der Waals surface area contributed by atoms with Crippen LogP contribution < -0.4 is 4.72 Å². The van der Waals surface area contributed by atoms with Crippen LogP contribution in [0.4, 0.5) is 0 Å². The second-order valence-corrected chi connectivity index (χ2v) is 7.14. The lowest BCUT2D eigenvalue weighted by atomic mass is 10.2. The van der Waals surface area contributed by atoms with Crippen molar-refractivity contribution in [2.45, 2.75) is 23.1 Å². The average Bonchev–Trinajstić information content (AvgIpc) is 2.39. The fraction of sp³-hybridized carbons (Fsp3) is 0.417. The predicted molar refractivity (Wildman–Crippen MR) is 79.2 cm³/mol. The van der Waals surface area contributed by atoms with Gasteiger partial charge in [0, 0.05) is 11.3 Å². The molecule has 1 rings (SSSR count). The Morgan fingerprint density at radius 3 is 2.52 bits per heavy atom. The maximum Gasteiger partial charge on any atom is 0.339 e. The Bertz CT molecular complexity index is 612. The zero-order chi connectivity index (χ0) is 16.2. The molecule has 0 radical (unpaired) electrons. The first-order chi connectivity index (χ1) is 9.72. The summed E-state index contributed by atoms with van der Waals surface area (Å²) in [5.41, 5.74) is -0.492. The van der Waals surface area contributed by atoms with E-state index in [4.69, 9.17) is 10.2 Å². The molecule has 0 bridgehead atoms. The van der Waals surface area contributed by atoms with Gasteiger partial charge in [-0.1, -0.05) is 0 Å². The Hall–Kier alpha value is -1.29. The van der Waals surface area contributed by atoms with E-state index in [1.165, 1.54) is 11.8 Å². The van der Waals surface area contributed by atoms with E-state index in [0.29, 0.717) is 0 Å². The first-order valence-electron chi connectivity index (χ1n) is 5.95. The third kappa shape index (κ3) is 4.34. The van der Waals surface area contributed by atoms with Crippen LogP contribution in [-0.4, -0.2) is 53.9 Å². The minimum Gasteiger partial charge on any atom is -0.507 e. The Kier molecular flexibility index (Phi) is 6.02. The molecule has 0 aliphatic rings. The van der Waals surface area contributed by atoms with Crippen LogP contribution in [0.15, 0.2) is 23.1 Å². The minimum absolute atomic E-state index is 0.194. The molecule has 0 aliphatic carbocycles. The molecular formula is C12H17NO6S2. The summed E-state index contributed by atoms with van der Waals surface area (Å²) in [5.74, 6) is -1.93. The quantitative estimate of drug-likeness (QED) is 0.571. The van der Waals surface area contributed by atoms with E-state index in [-0.39, 0.29) is 16.8 Å². The average molecular weight is 335 g/mol. The number of nitrogens with one attached hydrogen (secondary N) is 1. The van der Waals surface area contributed by atoms with Crippen molar-refractivity contribution in [3.05, 3.63) is 23.8 Å². The van der Waals surface area contributed by atoms with Gasteiger partial charge in [0.15, 0.2) is 0 Å². The summed E-state index contributed by atoms with van der Waals surface area (Å²) < 4.78 is 26.8. The van der Waals surface area contributed by atoms with E-state index in [0.717, 1.165) is 18.2 Å². The number of hydrogen-bond acceptors (Lipinski definition) is 6. The normalized spacial score (nSPS) is 14.6. The van der Waals surface area contributed by atoms with Crippen molar-refractivity contribution in [1.29, 1.82) is 0 Å². The van der Waals surface area contributed by atoms with Crippen molar-refractivity contribution >= 4 is 27.8 Å². The standard InChI is InChI=1S/C12H17NO6S2/c1-7(11(6-14)20-2)13-21(18,19)8-3-4-10(15)9(5-8)12(16)17/h3-5,7,11,13-15H,6H2,1-2H3,(H,16,17). The molecule has 2 unspecified atom stereocenters. The molecule has 118 valence electrons. The van der Waals surface area contributed by atoms with E-state index >= 15 is 0 Å². The SMILES string of the molecule is CSC(CO)C(C)NS(=O)(=O)c1ccc(O)c(C(=O)O)c1. The molecule has 1 aromatic rings. The van der Waals surface area contributed by atoms with E-state index < -0.39 is 33.3 Å².